The molecule has 1 aliphatic rings. The first-order valence-corrected chi connectivity index (χ1v) is 4.79. The number of aliphatic hydroxyl groups is 1. The molecule has 1 fully saturated rings. The monoisotopic (exact) mass is 239 g/mol. The van der Waals surface area contributed by atoms with Crippen LogP contribution in [-0.4, -0.2) is 40.6 Å². The second-order valence-electron chi connectivity index (χ2n) is 3.97. The number of hydrogen-bond acceptors (Lipinski definition) is 3. The number of halogens is 3. The van der Waals surface area contributed by atoms with E-state index in [0.29, 0.717) is 4.90 Å². The molecule has 1 aliphatic heterocycles. The van der Waals surface area contributed by atoms with Crippen LogP contribution in [0.2, 0.25) is 0 Å². The molecule has 0 aliphatic carbocycles. The average molecular weight is 239 g/mol. The Labute approximate surface area is 90.0 Å². The van der Waals surface area contributed by atoms with Crippen LogP contribution in [0.1, 0.15) is 19.8 Å². The summed E-state index contributed by atoms with van der Waals surface area (Å²) < 4.78 is 36.1. The molecule has 0 radical (unpaired) electrons. The number of piperidine rings is 1. The van der Waals surface area contributed by atoms with Crippen molar-refractivity contribution in [1.82, 2.24) is 4.90 Å². The Hall–Kier alpha value is -1.11. The molecule has 1 N–H and O–H groups in total. The Morgan fingerprint density at radius 3 is 2.19 bits per heavy atom. The quantitative estimate of drug-likeness (QED) is 0.721. The number of rotatable bonds is 2. The van der Waals surface area contributed by atoms with Crippen LogP contribution < -0.4 is 0 Å². The van der Waals surface area contributed by atoms with Gasteiger partial charge in [0.25, 0.3) is 0 Å². The van der Waals surface area contributed by atoms with Crippen LogP contribution in [0.25, 0.3) is 0 Å². The standard InChI is InChI=1S/C9H12F3NO3/c1-5-2-7(15)13(8(16)3-5)4-6(14)9(10,11)12/h5-6,14H,2-4H2,1H3. The van der Waals surface area contributed by atoms with Crippen molar-refractivity contribution in [3.05, 3.63) is 0 Å². The SMILES string of the molecule is CC1CC(=O)N(CC(O)C(F)(F)F)C(=O)C1. The Kier molecular flexibility index (Phi) is 3.57. The molecule has 7 heteroatoms. The zero-order valence-corrected chi connectivity index (χ0v) is 8.62. The zero-order chi connectivity index (χ0) is 12.5. The molecule has 0 aromatic rings. The number of carbonyl (C=O) groups excluding carboxylic acids is 2. The molecule has 16 heavy (non-hydrogen) atoms. The largest absolute Gasteiger partial charge is 0.416 e. The van der Waals surface area contributed by atoms with Crippen molar-refractivity contribution in [3.8, 4) is 0 Å². The van der Waals surface area contributed by atoms with Crippen LogP contribution in [0.5, 0.6) is 0 Å². The van der Waals surface area contributed by atoms with E-state index in [4.69, 9.17) is 5.11 Å². The molecule has 92 valence electrons. The predicted octanol–water partition coefficient (Wildman–Crippen LogP) is 0.695. The lowest BCUT2D eigenvalue weighted by atomic mass is 9.97. The Balaban J connectivity index is 2.67. The highest BCUT2D eigenvalue weighted by atomic mass is 19.4. The van der Waals surface area contributed by atoms with Gasteiger partial charge in [0.05, 0.1) is 6.54 Å². The summed E-state index contributed by atoms with van der Waals surface area (Å²) in [4.78, 5) is 23.1. The summed E-state index contributed by atoms with van der Waals surface area (Å²) in [7, 11) is 0. The van der Waals surface area contributed by atoms with E-state index >= 15 is 0 Å². The van der Waals surface area contributed by atoms with Crippen molar-refractivity contribution in [2.24, 2.45) is 5.92 Å². The average Bonchev–Trinajstić information content (AvgIpc) is 2.08. The summed E-state index contributed by atoms with van der Waals surface area (Å²) >= 11 is 0. The highest BCUT2D eigenvalue weighted by molar-refractivity contribution is 5.97. The first-order valence-electron chi connectivity index (χ1n) is 4.79. The van der Waals surface area contributed by atoms with Gasteiger partial charge in [0.1, 0.15) is 0 Å². The lowest BCUT2D eigenvalue weighted by Crippen LogP contribution is -2.49. The fraction of sp³-hybridized carbons (Fsp3) is 0.778. The van der Waals surface area contributed by atoms with Gasteiger partial charge in [-0.25, -0.2) is 0 Å². The van der Waals surface area contributed by atoms with Gasteiger partial charge in [0.2, 0.25) is 11.8 Å². The van der Waals surface area contributed by atoms with E-state index in [0.717, 1.165) is 0 Å². The highest BCUT2D eigenvalue weighted by Gasteiger charge is 2.42. The molecule has 1 unspecified atom stereocenters. The van der Waals surface area contributed by atoms with E-state index in [2.05, 4.69) is 0 Å². The van der Waals surface area contributed by atoms with Crippen molar-refractivity contribution in [2.75, 3.05) is 6.54 Å². The molecule has 1 atom stereocenters. The van der Waals surface area contributed by atoms with E-state index in [1.54, 1.807) is 6.92 Å². The maximum atomic E-state index is 12.0. The van der Waals surface area contributed by atoms with Gasteiger partial charge in [-0.1, -0.05) is 6.92 Å². The Morgan fingerprint density at radius 2 is 1.81 bits per heavy atom. The molecule has 1 saturated heterocycles. The van der Waals surface area contributed by atoms with Crippen molar-refractivity contribution < 1.29 is 27.9 Å². The smallest absolute Gasteiger partial charge is 0.382 e. The third kappa shape index (κ3) is 2.94. The number of likely N-dealkylation sites (tertiary alicyclic amines) is 1. The second-order valence-corrected chi connectivity index (χ2v) is 3.97. The normalized spacial score (nSPS) is 21.4. The van der Waals surface area contributed by atoms with E-state index in [-0.39, 0.29) is 18.8 Å². The molecule has 1 rings (SSSR count). The number of nitrogens with zero attached hydrogens (tertiary/aromatic N) is 1. The van der Waals surface area contributed by atoms with Crippen LogP contribution in [0.3, 0.4) is 0 Å². The number of amides is 2. The van der Waals surface area contributed by atoms with Crippen molar-refractivity contribution in [1.29, 1.82) is 0 Å². The van der Waals surface area contributed by atoms with E-state index in [1.165, 1.54) is 0 Å². The number of carbonyl (C=O) groups is 2. The molecule has 0 aromatic carbocycles. The van der Waals surface area contributed by atoms with Gasteiger partial charge in [0.15, 0.2) is 6.10 Å². The van der Waals surface area contributed by atoms with Crippen molar-refractivity contribution in [3.63, 3.8) is 0 Å². The van der Waals surface area contributed by atoms with Gasteiger partial charge in [-0.05, 0) is 5.92 Å². The minimum atomic E-state index is -4.82. The topological polar surface area (TPSA) is 57.6 Å². The first kappa shape index (κ1) is 13.0. The van der Waals surface area contributed by atoms with Gasteiger partial charge in [0, 0.05) is 12.8 Å². The van der Waals surface area contributed by atoms with Gasteiger partial charge in [-0.2, -0.15) is 13.2 Å². The van der Waals surface area contributed by atoms with Gasteiger partial charge in [-0.3, -0.25) is 14.5 Å². The number of β-amino-alcohol motifs (C(OH)–C–C–N with tert-alkyl or cyclic N) is 1. The van der Waals surface area contributed by atoms with Gasteiger partial charge in [-0.15, -0.1) is 0 Å². The summed E-state index contributed by atoms with van der Waals surface area (Å²) in [6.45, 7) is 0.668. The third-order valence-electron chi connectivity index (χ3n) is 2.38. The predicted molar refractivity (Wildman–Crippen MR) is 47.2 cm³/mol. The fourth-order valence-corrected chi connectivity index (χ4v) is 1.51. The van der Waals surface area contributed by atoms with Crippen LogP contribution in [0.15, 0.2) is 0 Å². The molecular weight excluding hydrogens is 227 g/mol. The summed E-state index contributed by atoms with van der Waals surface area (Å²) in [5.74, 6) is -1.47. The molecule has 4 nitrogen and oxygen atoms in total. The number of aliphatic hydroxyl groups excluding tert-OH is 1. The minimum absolute atomic E-state index is 0.0380. The number of alkyl halides is 3. The number of hydrogen-bond donors (Lipinski definition) is 1. The molecule has 0 spiro atoms. The maximum Gasteiger partial charge on any atom is 0.416 e. The third-order valence-corrected chi connectivity index (χ3v) is 2.38. The lowest BCUT2D eigenvalue weighted by Gasteiger charge is -2.30. The van der Waals surface area contributed by atoms with E-state index < -0.39 is 30.6 Å². The maximum absolute atomic E-state index is 12.0. The van der Waals surface area contributed by atoms with E-state index in [1.807, 2.05) is 0 Å². The summed E-state index contributed by atoms with van der Waals surface area (Å²) in [6, 6.07) is 0. The molecule has 0 aromatic heterocycles. The van der Waals surface area contributed by atoms with Crippen LogP contribution in [-0.2, 0) is 9.59 Å². The van der Waals surface area contributed by atoms with E-state index in [9.17, 15) is 22.8 Å². The Bertz CT molecular complexity index is 285. The molecular formula is C9H12F3NO3. The molecule has 0 bridgehead atoms. The molecule has 1 heterocycles. The first-order chi connectivity index (χ1) is 7.21. The summed E-state index contributed by atoms with van der Waals surface area (Å²) in [5, 5.41) is 8.77. The summed E-state index contributed by atoms with van der Waals surface area (Å²) in [5.41, 5.74) is 0. The second kappa shape index (κ2) is 4.40. The minimum Gasteiger partial charge on any atom is -0.382 e. The molecule has 2 amide bonds. The molecule has 0 saturated carbocycles. The zero-order valence-electron chi connectivity index (χ0n) is 8.62. The highest BCUT2D eigenvalue weighted by Crippen LogP contribution is 2.24. The number of imide groups is 1. The van der Waals surface area contributed by atoms with Crippen molar-refractivity contribution >= 4 is 11.8 Å². The van der Waals surface area contributed by atoms with Gasteiger partial charge >= 0.3 is 6.18 Å². The Morgan fingerprint density at radius 1 is 1.38 bits per heavy atom. The van der Waals surface area contributed by atoms with Crippen LogP contribution >= 0.6 is 0 Å². The van der Waals surface area contributed by atoms with Crippen LogP contribution in [0, 0.1) is 5.92 Å². The lowest BCUT2D eigenvalue weighted by molar-refractivity contribution is -0.209. The van der Waals surface area contributed by atoms with Crippen molar-refractivity contribution in [2.45, 2.75) is 32.0 Å². The summed E-state index contributed by atoms with van der Waals surface area (Å²) in [6.07, 6.45) is -7.41. The van der Waals surface area contributed by atoms with Crippen LogP contribution in [0.4, 0.5) is 13.2 Å². The fourth-order valence-electron chi connectivity index (χ4n) is 1.51. The van der Waals surface area contributed by atoms with Gasteiger partial charge < -0.3 is 5.11 Å².